The molecule has 0 fully saturated rings. The van der Waals surface area contributed by atoms with E-state index in [1.165, 1.54) is 6.07 Å². The van der Waals surface area contributed by atoms with E-state index in [1.807, 2.05) is 49.4 Å². The van der Waals surface area contributed by atoms with Crippen molar-refractivity contribution in [2.45, 2.75) is 17.6 Å². The smallest absolute Gasteiger partial charge is 0.252 e. The number of aromatic amines is 1. The van der Waals surface area contributed by atoms with Crippen LogP contribution in [0.4, 0.5) is 11.9 Å². The number of aryl methyl sites for hydroxylation is 1. The predicted octanol–water partition coefficient (Wildman–Crippen LogP) is 4.72. The number of fused-ring (bicyclic) bond motifs is 1. The Morgan fingerprint density at radius 3 is 2.67 bits per heavy atom. The van der Waals surface area contributed by atoms with Gasteiger partial charge in [-0.15, -0.1) is 11.8 Å². The van der Waals surface area contributed by atoms with Crippen LogP contribution in [0.3, 0.4) is 0 Å². The highest BCUT2D eigenvalue weighted by atomic mass is 35.5. The molecule has 0 saturated carbocycles. The van der Waals surface area contributed by atoms with E-state index in [4.69, 9.17) is 16.3 Å². The van der Waals surface area contributed by atoms with Crippen molar-refractivity contribution in [2.24, 2.45) is 0 Å². The molecule has 9 heteroatoms. The maximum absolute atomic E-state index is 12.1. The number of nitrogens with one attached hydrogen (secondary N) is 2. The molecule has 0 atom stereocenters. The van der Waals surface area contributed by atoms with Crippen LogP contribution in [0, 0.1) is 6.92 Å². The van der Waals surface area contributed by atoms with Crippen LogP contribution in [0.5, 0.6) is 5.75 Å². The van der Waals surface area contributed by atoms with E-state index in [9.17, 15) is 4.79 Å². The molecule has 2 aromatic carbocycles. The van der Waals surface area contributed by atoms with E-state index in [0.717, 1.165) is 27.2 Å². The molecular formula is C21H18ClN5O2S. The third-order valence-corrected chi connectivity index (χ3v) is 5.62. The van der Waals surface area contributed by atoms with Crippen LogP contribution in [0.15, 0.2) is 58.2 Å². The summed E-state index contributed by atoms with van der Waals surface area (Å²) in [7, 11) is 1.62. The SMILES string of the molecule is COc1ccc2nc(Nc3nc(CSc4ccc(Cl)cc4)cc(=O)[nH]3)nc(C)c2c1. The number of benzene rings is 2. The van der Waals surface area contributed by atoms with Crippen molar-refractivity contribution in [2.75, 3.05) is 12.4 Å². The lowest BCUT2D eigenvalue weighted by atomic mass is 10.2. The number of hydrogen-bond donors (Lipinski definition) is 2. The zero-order valence-corrected chi connectivity index (χ0v) is 17.8. The molecule has 0 aliphatic carbocycles. The summed E-state index contributed by atoms with van der Waals surface area (Å²) >= 11 is 7.49. The maximum atomic E-state index is 12.1. The van der Waals surface area contributed by atoms with Crippen molar-refractivity contribution in [1.82, 2.24) is 19.9 Å². The number of aromatic nitrogens is 4. The topological polar surface area (TPSA) is 92.8 Å². The molecular weight excluding hydrogens is 422 g/mol. The Bertz CT molecular complexity index is 1260. The summed E-state index contributed by atoms with van der Waals surface area (Å²) in [6.07, 6.45) is 0. The molecule has 0 saturated heterocycles. The second-order valence-electron chi connectivity index (χ2n) is 6.47. The van der Waals surface area contributed by atoms with Crippen LogP contribution >= 0.6 is 23.4 Å². The zero-order valence-electron chi connectivity index (χ0n) is 16.3. The molecule has 0 aliphatic heterocycles. The zero-order chi connectivity index (χ0) is 21.1. The van der Waals surface area contributed by atoms with Gasteiger partial charge in [-0.05, 0) is 49.4 Å². The summed E-state index contributed by atoms with van der Waals surface area (Å²) in [5, 5.41) is 4.59. The van der Waals surface area contributed by atoms with Gasteiger partial charge in [-0.1, -0.05) is 11.6 Å². The minimum absolute atomic E-state index is 0.249. The van der Waals surface area contributed by atoms with Gasteiger partial charge in [0, 0.05) is 27.1 Å². The molecule has 7 nitrogen and oxygen atoms in total. The molecule has 0 radical (unpaired) electrons. The van der Waals surface area contributed by atoms with Crippen molar-refractivity contribution >= 4 is 46.2 Å². The first-order chi connectivity index (χ1) is 14.5. The first kappa shape index (κ1) is 20.2. The monoisotopic (exact) mass is 439 g/mol. The Morgan fingerprint density at radius 2 is 1.90 bits per heavy atom. The molecule has 0 unspecified atom stereocenters. The number of H-pyrrole nitrogens is 1. The predicted molar refractivity (Wildman–Crippen MR) is 120 cm³/mol. The number of ether oxygens (including phenoxy) is 1. The highest BCUT2D eigenvalue weighted by molar-refractivity contribution is 7.98. The third-order valence-electron chi connectivity index (χ3n) is 4.32. The molecule has 2 N–H and O–H groups in total. The van der Waals surface area contributed by atoms with Crippen LogP contribution in [0.2, 0.25) is 5.02 Å². The summed E-state index contributed by atoms with van der Waals surface area (Å²) < 4.78 is 5.26. The molecule has 4 aromatic rings. The molecule has 2 aromatic heterocycles. The van der Waals surface area contributed by atoms with Crippen molar-refractivity contribution in [3.8, 4) is 5.75 Å². The van der Waals surface area contributed by atoms with Gasteiger partial charge >= 0.3 is 0 Å². The fourth-order valence-electron chi connectivity index (χ4n) is 2.88. The lowest BCUT2D eigenvalue weighted by molar-refractivity contribution is 0.415. The fourth-order valence-corrected chi connectivity index (χ4v) is 3.80. The van der Waals surface area contributed by atoms with Gasteiger partial charge in [0.25, 0.3) is 5.56 Å². The van der Waals surface area contributed by atoms with Crippen LogP contribution in [-0.2, 0) is 5.75 Å². The normalized spacial score (nSPS) is 10.9. The lowest BCUT2D eigenvalue weighted by Gasteiger charge is -2.09. The number of hydrogen-bond acceptors (Lipinski definition) is 7. The highest BCUT2D eigenvalue weighted by Crippen LogP contribution is 2.25. The molecule has 0 amide bonds. The first-order valence-electron chi connectivity index (χ1n) is 9.08. The van der Waals surface area contributed by atoms with E-state index in [1.54, 1.807) is 18.9 Å². The molecule has 30 heavy (non-hydrogen) atoms. The molecule has 152 valence electrons. The van der Waals surface area contributed by atoms with Crippen molar-refractivity contribution < 1.29 is 4.74 Å². The lowest BCUT2D eigenvalue weighted by Crippen LogP contribution is -2.13. The number of rotatable bonds is 6. The number of halogens is 1. The summed E-state index contributed by atoms with van der Waals surface area (Å²) in [4.78, 5) is 29.3. The van der Waals surface area contributed by atoms with Crippen LogP contribution in [0.1, 0.15) is 11.4 Å². The molecule has 0 spiro atoms. The largest absolute Gasteiger partial charge is 0.497 e. The second-order valence-corrected chi connectivity index (χ2v) is 7.95. The van der Waals surface area contributed by atoms with Gasteiger partial charge in [-0.2, -0.15) is 0 Å². The van der Waals surface area contributed by atoms with Gasteiger partial charge in [0.2, 0.25) is 11.9 Å². The fraction of sp³-hybridized carbons (Fsp3) is 0.143. The number of anilines is 2. The van der Waals surface area contributed by atoms with Crippen molar-refractivity contribution in [1.29, 1.82) is 0 Å². The third kappa shape index (κ3) is 4.72. The Hall–Kier alpha value is -3.10. The summed E-state index contributed by atoms with van der Waals surface area (Å²) in [5.41, 5.74) is 1.95. The van der Waals surface area contributed by atoms with Gasteiger partial charge in [0.05, 0.1) is 24.0 Å². The van der Waals surface area contributed by atoms with Crippen molar-refractivity contribution in [3.05, 3.63) is 75.3 Å². The van der Waals surface area contributed by atoms with E-state index in [-0.39, 0.29) is 5.56 Å². The van der Waals surface area contributed by atoms with Crippen molar-refractivity contribution in [3.63, 3.8) is 0 Å². The Labute approximate surface area is 181 Å². The number of nitrogens with zero attached hydrogens (tertiary/aromatic N) is 3. The average molecular weight is 440 g/mol. The van der Waals surface area contributed by atoms with E-state index in [2.05, 4.69) is 25.3 Å². The first-order valence-corrected chi connectivity index (χ1v) is 10.4. The molecule has 2 heterocycles. The van der Waals surface area contributed by atoms with Gasteiger partial charge < -0.3 is 4.74 Å². The van der Waals surface area contributed by atoms with Crippen LogP contribution in [-0.4, -0.2) is 27.0 Å². The molecule has 0 bridgehead atoms. The maximum Gasteiger partial charge on any atom is 0.252 e. The summed E-state index contributed by atoms with van der Waals surface area (Å²) in [6.45, 7) is 1.89. The Kier molecular flexibility index (Phi) is 5.87. The number of methoxy groups -OCH3 is 1. The highest BCUT2D eigenvalue weighted by Gasteiger charge is 2.09. The summed E-state index contributed by atoms with van der Waals surface area (Å²) in [6, 6.07) is 14.6. The van der Waals surface area contributed by atoms with Crippen LogP contribution < -0.4 is 15.6 Å². The van der Waals surface area contributed by atoms with Gasteiger partial charge in [0.15, 0.2) is 0 Å². The molecule has 4 rings (SSSR count). The standard InChI is InChI=1S/C21H18ClN5O2S/c1-12-17-10-15(29-2)5-8-18(17)25-20(23-12)27-21-24-14(9-19(28)26-21)11-30-16-6-3-13(22)4-7-16/h3-10H,11H2,1-2H3,(H2,23,24,25,26,27,28). The minimum atomic E-state index is -0.249. The molecule has 0 aliphatic rings. The average Bonchev–Trinajstić information content (AvgIpc) is 2.73. The Balaban J connectivity index is 1.55. The van der Waals surface area contributed by atoms with Crippen LogP contribution in [0.25, 0.3) is 10.9 Å². The second kappa shape index (κ2) is 8.73. The quantitative estimate of drug-likeness (QED) is 0.420. The van der Waals surface area contributed by atoms with Gasteiger partial charge in [-0.3, -0.25) is 15.1 Å². The van der Waals surface area contributed by atoms with E-state index < -0.39 is 0 Å². The van der Waals surface area contributed by atoms with Gasteiger partial charge in [-0.25, -0.2) is 15.0 Å². The Morgan fingerprint density at radius 1 is 1.10 bits per heavy atom. The minimum Gasteiger partial charge on any atom is -0.497 e. The van der Waals surface area contributed by atoms with E-state index in [0.29, 0.717) is 28.4 Å². The number of thioether (sulfide) groups is 1. The summed E-state index contributed by atoms with van der Waals surface area (Å²) in [5.74, 6) is 1.93. The van der Waals surface area contributed by atoms with Gasteiger partial charge in [0.1, 0.15) is 5.75 Å². The van der Waals surface area contributed by atoms with E-state index >= 15 is 0 Å².